The van der Waals surface area contributed by atoms with Crippen molar-refractivity contribution in [3.8, 4) is 5.88 Å². The van der Waals surface area contributed by atoms with Crippen LogP contribution in [0.4, 0.5) is 0 Å². The minimum Gasteiger partial charge on any atom is -0.481 e. The number of rotatable bonds is 9. The van der Waals surface area contributed by atoms with E-state index < -0.39 is 18.0 Å². The summed E-state index contributed by atoms with van der Waals surface area (Å²) < 4.78 is 13.6. The van der Waals surface area contributed by atoms with E-state index in [0.29, 0.717) is 24.5 Å². The van der Waals surface area contributed by atoms with Crippen molar-refractivity contribution in [1.82, 2.24) is 14.1 Å². The number of aliphatic hydroxyl groups excluding tert-OH is 1. The van der Waals surface area contributed by atoms with E-state index in [1.165, 1.54) is 0 Å². The second kappa shape index (κ2) is 8.40. The normalized spacial score (nSPS) is 14.6. The number of carbonyl (C=O) groups is 1. The minimum absolute atomic E-state index is 0.0792. The molecule has 0 fully saturated rings. The Morgan fingerprint density at radius 2 is 2.09 bits per heavy atom. The van der Waals surface area contributed by atoms with Crippen molar-refractivity contribution in [1.29, 1.82) is 0 Å². The molecule has 0 aliphatic rings. The maximum Gasteiger partial charge on any atom is 0.306 e. The van der Waals surface area contributed by atoms with E-state index in [2.05, 4.69) is 14.1 Å². The molecule has 1 aromatic rings. The highest BCUT2D eigenvalue weighted by molar-refractivity contribution is 6.99. The Balaban J connectivity index is 2.50. The van der Waals surface area contributed by atoms with Crippen molar-refractivity contribution >= 4 is 17.7 Å². The topological polar surface area (TPSA) is 105 Å². The second-order valence-corrected chi connectivity index (χ2v) is 6.79. The van der Waals surface area contributed by atoms with E-state index in [9.17, 15) is 9.90 Å². The number of aromatic nitrogens is 2. The lowest BCUT2D eigenvalue weighted by atomic mass is 10.0. The molecular formula is C14H25N3O4S. The molecule has 0 aromatic carbocycles. The molecule has 1 rings (SSSR count). The van der Waals surface area contributed by atoms with Gasteiger partial charge < -0.3 is 20.3 Å². The van der Waals surface area contributed by atoms with Crippen LogP contribution in [0.2, 0.25) is 0 Å². The number of nitrogens with zero attached hydrogens (tertiary/aromatic N) is 2. The van der Waals surface area contributed by atoms with Gasteiger partial charge in [-0.15, -0.1) is 4.37 Å². The van der Waals surface area contributed by atoms with Crippen LogP contribution in [0.3, 0.4) is 0 Å². The molecule has 0 aliphatic carbocycles. The highest BCUT2D eigenvalue weighted by atomic mass is 32.1. The molecule has 0 spiro atoms. The van der Waals surface area contributed by atoms with Crippen molar-refractivity contribution in [2.75, 3.05) is 13.2 Å². The lowest BCUT2D eigenvalue weighted by Crippen LogP contribution is -2.42. The molecule has 3 N–H and O–H groups in total. The lowest BCUT2D eigenvalue weighted by Gasteiger charge is -2.22. The molecule has 1 aromatic heterocycles. The van der Waals surface area contributed by atoms with Gasteiger partial charge in [-0.1, -0.05) is 6.92 Å². The molecule has 0 radical (unpaired) electrons. The van der Waals surface area contributed by atoms with E-state index in [-0.39, 0.29) is 18.6 Å². The first-order chi connectivity index (χ1) is 10.2. The van der Waals surface area contributed by atoms with Crippen LogP contribution >= 0.6 is 11.7 Å². The SMILES string of the molecule is CCC(Cc1nsnc1OCC(O)CNC(C)(C)C)C(=O)O. The van der Waals surface area contributed by atoms with Gasteiger partial charge in [0.15, 0.2) is 0 Å². The Morgan fingerprint density at radius 1 is 1.41 bits per heavy atom. The van der Waals surface area contributed by atoms with Gasteiger partial charge in [0.2, 0.25) is 5.88 Å². The first kappa shape index (κ1) is 18.8. The third-order valence-corrected chi connectivity index (χ3v) is 3.63. The first-order valence-corrected chi connectivity index (χ1v) is 8.06. The molecule has 7 nitrogen and oxygen atoms in total. The molecule has 0 saturated heterocycles. The highest BCUT2D eigenvalue weighted by Crippen LogP contribution is 2.21. The molecular weight excluding hydrogens is 306 g/mol. The number of aliphatic carboxylic acids is 1. The quantitative estimate of drug-likeness (QED) is 0.627. The Hall–Kier alpha value is -1.25. The van der Waals surface area contributed by atoms with Gasteiger partial charge >= 0.3 is 5.97 Å². The van der Waals surface area contributed by atoms with Crippen LogP contribution in [-0.4, -0.2) is 49.7 Å². The van der Waals surface area contributed by atoms with Crippen molar-refractivity contribution in [3.63, 3.8) is 0 Å². The predicted octanol–water partition coefficient (Wildman–Crippen LogP) is 1.32. The molecule has 0 saturated carbocycles. The fourth-order valence-corrected chi connectivity index (χ4v) is 2.25. The average molecular weight is 331 g/mol. The summed E-state index contributed by atoms with van der Waals surface area (Å²) in [6.45, 7) is 8.36. The van der Waals surface area contributed by atoms with Gasteiger partial charge in [0.1, 0.15) is 18.4 Å². The molecule has 0 aliphatic heterocycles. The van der Waals surface area contributed by atoms with E-state index in [1.807, 2.05) is 27.7 Å². The molecule has 0 bridgehead atoms. The van der Waals surface area contributed by atoms with Gasteiger partial charge in [0.25, 0.3) is 0 Å². The van der Waals surface area contributed by atoms with Gasteiger partial charge in [-0.2, -0.15) is 4.37 Å². The van der Waals surface area contributed by atoms with Crippen LogP contribution in [0.1, 0.15) is 39.8 Å². The zero-order chi connectivity index (χ0) is 16.8. The Bertz CT molecular complexity index is 473. The molecule has 0 amide bonds. The number of aliphatic hydroxyl groups is 1. The summed E-state index contributed by atoms with van der Waals surface area (Å²) in [7, 11) is 0. The largest absolute Gasteiger partial charge is 0.481 e. The fourth-order valence-electron chi connectivity index (χ4n) is 1.73. The van der Waals surface area contributed by atoms with Crippen molar-refractivity contribution in [3.05, 3.63) is 5.69 Å². The predicted molar refractivity (Wildman–Crippen MR) is 84.3 cm³/mol. The summed E-state index contributed by atoms with van der Waals surface area (Å²) in [6, 6.07) is 0. The minimum atomic E-state index is -0.851. The van der Waals surface area contributed by atoms with E-state index >= 15 is 0 Å². The van der Waals surface area contributed by atoms with Crippen LogP contribution < -0.4 is 10.1 Å². The van der Waals surface area contributed by atoms with E-state index in [4.69, 9.17) is 9.84 Å². The number of hydrogen-bond acceptors (Lipinski definition) is 7. The van der Waals surface area contributed by atoms with Gasteiger partial charge in [-0.25, -0.2) is 0 Å². The monoisotopic (exact) mass is 331 g/mol. The summed E-state index contributed by atoms with van der Waals surface area (Å²) >= 11 is 0.984. The van der Waals surface area contributed by atoms with Gasteiger partial charge in [-0.3, -0.25) is 4.79 Å². The molecule has 126 valence electrons. The van der Waals surface area contributed by atoms with Crippen LogP contribution in [0.15, 0.2) is 0 Å². The zero-order valence-electron chi connectivity index (χ0n) is 13.5. The van der Waals surface area contributed by atoms with Crippen molar-refractivity contribution in [2.24, 2.45) is 5.92 Å². The molecule has 8 heteroatoms. The number of nitrogens with one attached hydrogen (secondary N) is 1. The lowest BCUT2D eigenvalue weighted by molar-refractivity contribution is -0.141. The molecule has 2 unspecified atom stereocenters. The first-order valence-electron chi connectivity index (χ1n) is 7.33. The third kappa shape index (κ3) is 6.67. The third-order valence-electron chi connectivity index (χ3n) is 3.08. The summed E-state index contributed by atoms with van der Waals surface area (Å²) in [5, 5.41) is 22.2. The Labute approximate surface area is 135 Å². The number of hydrogen-bond donors (Lipinski definition) is 3. The van der Waals surface area contributed by atoms with Crippen LogP contribution in [0.25, 0.3) is 0 Å². The van der Waals surface area contributed by atoms with Crippen molar-refractivity contribution < 1.29 is 19.7 Å². The fraction of sp³-hybridized carbons (Fsp3) is 0.786. The number of ether oxygens (including phenoxy) is 1. The van der Waals surface area contributed by atoms with E-state index in [1.54, 1.807) is 0 Å². The summed E-state index contributed by atoms with van der Waals surface area (Å²) in [5.74, 6) is -1.03. The molecule has 2 atom stereocenters. The Kier molecular flexibility index (Phi) is 7.18. The average Bonchev–Trinajstić information content (AvgIpc) is 2.86. The van der Waals surface area contributed by atoms with Gasteiger partial charge in [0, 0.05) is 18.5 Å². The maximum atomic E-state index is 11.1. The standard InChI is InChI=1S/C14H25N3O4S/c1-5-9(13(19)20)6-11-12(17-22-16-11)21-8-10(18)7-15-14(2,3)4/h9-10,15,18H,5-8H2,1-4H3,(H,19,20). The Morgan fingerprint density at radius 3 is 2.64 bits per heavy atom. The summed E-state index contributed by atoms with van der Waals surface area (Å²) in [6.07, 6.45) is 0.133. The van der Waals surface area contributed by atoms with Gasteiger partial charge in [-0.05, 0) is 27.2 Å². The van der Waals surface area contributed by atoms with Crippen LogP contribution in [0, 0.1) is 5.92 Å². The van der Waals surface area contributed by atoms with Crippen molar-refractivity contribution in [2.45, 2.75) is 52.2 Å². The smallest absolute Gasteiger partial charge is 0.306 e. The number of carboxylic acids is 1. The maximum absolute atomic E-state index is 11.1. The summed E-state index contributed by atoms with van der Waals surface area (Å²) in [5.41, 5.74) is 0.458. The van der Waals surface area contributed by atoms with Crippen LogP contribution in [-0.2, 0) is 11.2 Å². The zero-order valence-corrected chi connectivity index (χ0v) is 14.3. The molecule has 1 heterocycles. The molecule has 22 heavy (non-hydrogen) atoms. The van der Waals surface area contributed by atoms with E-state index in [0.717, 1.165) is 11.7 Å². The second-order valence-electron chi connectivity index (χ2n) is 6.26. The van der Waals surface area contributed by atoms with Gasteiger partial charge in [0.05, 0.1) is 17.6 Å². The highest BCUT2D eigenvalue weighted by Gasteiger charge is 2.21. The van der Waals surface area contributed by atoms with Crippen LogP contribution in [0.5, 0.6) is 5.88 Å². The summed E-state index contributed by atoms with van der Waals surface area (Å²) in [4.78, 5) is 11.1. The number of β-amino-alcohol motifs (C(OH)–C–C–N with tert-alkyl or cyclic N) is 1. The number of carboxylic acid groups (broad SMARTS) is 1.